The van der Waals surface area contributed by atoms with Gasteiger partial charge in [0, 0.05) is 13.1 Å². The van der Waals surface area contributed by atoms with Gasteiger partial charge in [-0.25, -0.2) is 0 Å². The van der Waals surface area contributed by atoms with Crippen LogP contribution in [0.25, 0.3) is 0 Å². The van der Waals surface area contributed by atoms with E-state index in [9.17, 15) is 4.79 Å². The van der Waals surface area contributed by atoms with E-state index < -0.39 is 0 Å². The molecule has 2 saturated heterocycles. The molecule has 2 aliphatic heterocycles. The SMILES string of the molecule is Cl.O=C(N1CCOC2CCCCC21)[C@@]12CCCC[C@H]1CNC2. The van der Waals surface area contributed by atoms with E-state index in [1.807, 2.05) is 0 Å². The number of carbonyl (C=O) groups excluding carboxylic acids is 1. The molecule has 0 aromatic carbocycles. The smallest absolute Gasteiger partial charge is 0.230 e. The van der Waals surface area contributed by atoms with Crippen molar-refractivity contribution in [3.8, 4) is 0 Å². The van der Waals surface area contributed by atoms with Crippen LogP contribution in [0.5, 0.6) is 0 Å². The van der Waals surface area contributed by atoms with Crippen LogP contribution in [0.2, 0.25) is 0 Å². The molecule has 0 spiro atoms. The Morgan fingerprint density at radius 2 is 1.95 bits per heavy atom. The maximum atomic E-state index is 13.4. The summed E-state index contributed by atoms with van der Waals surface area (Å²) in [6.45, 7) is 3.50. The van der Waals surface area contributed by atoms with Crippen LogP contribution < -0.4 is 5.32 Å². The Morgan fingerprint density at radius 1 is 1.14 bits per heavy atom. The van der Waals surface area contributed by atoms with Crippen LogP contribution in [-0.2, 0) is 9.53 Å². The average Bonchev–Trinajstić information content (AvgIpc) is 2.99. The summed E-state index contributed by atoms with van der Waals surface area (Å²) in [7, 11) is 0. The summed E-state index contributed by atoms with van der Waals surface area (Å²) in [5, 5.41) is 3.52. The van der Waals surface area contributed by atoms with E-state index in [1.54, 1.807) is 0 Å². The number of morpholine rings is 1. The van der Waals surface area contributed by atoms with Crippen molar-refractivity contribution in [2.45, 2.75) is 63.5 Å². The minimum atomic E-state index is -0.0857. The van der Waals surface area contributed by atoms with Gasteiger partial charge in [0.05, 0.1) is 24.2 Å². The normalized spacial score (nSPS) is 41.3. The third-order valence-corrected chi connectivity index (χ3v) is 6.46. The van der Waals surface area contributed by atoms with E-state index in [-0.39, 0.29) is 17.8 Å². The van der Waals surface area contributed by atoms with Crippen molar-refractivity contribution >= 4 is 18.3 Å². The molecule has 126 valence electrons. The number of amides is 1. The molecule has 5 heteroatoms. The second-order valence-electron chi connectivity index (χ2n) is 7.49. The zero-order valence-corrected chi connectivity index (χ0v) is 14.2. The number of rotatable bonds is 1. The first kappa shape index (κ1) is 16.5. The highest BCUT2D eigenvalue weighted by Crippen LogP contribution is 2.46. The fraction of sp³-hybridized carbons (Fsp3) is 0.941. The van der Waals surface area contributed by atoms with Crippen molar-refractivity contribution in [3.63, 3.8) is 0 Å². The summed E-state index contributed by atoms with van der Waals surface area (Å²) in [5.74, 6) is 1.03. The van der Waals surface area contributed by atoms with Gasteiger partial charge in [-0.15, -0.1) is 12.4 Å². The Balaban J connectivity index is 0.00000144. The highest BCUT2D eigenvalue weighted by atomic mass is 35.5. The van der Waals surface area contributed by atoms with E-state index in [1.165, 1.54) is 32.1 Å². The summed E-state index contributed by atoms with van der Waals surface area (Å²) in [4.78, 5) is 15.7. The molecule has 22 heavy (non-hydrogen) atoms. The third kappa shape index (κ3) is 2.57. The van der Waals surface area contributed by atoms with Gasteiger partial charge in [0.1, 0.15) is 0 Å². The number of hydrogen-bond donors (Lipinski definition) is 1. The van der Waals surface area contributed by atoms with Crippen molar-refractivity contribution in [1.82, 2.24) is 10.2 Å². The molecule has 4 nitrogen and oxygen atoms in total. The van der Waals surface area contributed by atoms with Crippen LogP contribution in [0.3, 0.4) is 0 Å². The molecular weight excluding hydrogens is 300 g/mol. The summed E-state index contributed by atoms with van der Waals surface area (Å²) >= 11 is 0. The first-order chi connectivity index (χ1) is 10.3. The minimum Gasteiger partial charge on any atom is -0.374 e. The molecular formula is C17H29ClN2O2. The summed E-state index contributed by atoms with van der Waals surface area (Å²) in [6, 6.07) is 0.359. The van der Waals surface area contributed by atoms with Gasteiger partial charge in [0.15, 0.2) is 0 Å². The maximum Gasteiger partial charge on any atom is 0.230 e. The van der Waals surface area contributed by atoms with Crippen molar-refractivity contribution in [3.05, 3.63) is 0 Å². The van der Waals surface area contributed by atoms with Crippen LogP contribution in [0.4, 0.5) is 0 Å². The second kappa shape index (κ2) is 6.66. The lowest BCUT2D eigenvalue weighted by Gasteiger charge is -2.48. The van der Waals surface area contributed by atoms with Gasteiger partial charge in [-0.3, -0.25) is 4.79 Å². The van der Waals surface area contributed by atoms with E-state index in [2.05, 4.69) is 10.2 Å². The van der Waals surface area contributed by atoms with E-state index in [4.69, 9.17) is 4.74 Å². The van der Waals surface area contributed by atoms with Crippen molar-refractivity contribution in [1.29, 1.82) is 0 Å². The first-order valence-electron chi connectivity index (χ1n) is 8.95. The molecule has 0 aromatic heterocycles. The molecule has 0 radical (unpaired) electrons. The quantitative estimate of drug-likeness (QED) is 0.803. The fourth-order valence-electron chi connectivity index (χ4n) is 5.30. The van der Waals surface area contributed by atoms with Gasteiger partial charge in [-0.05, 0) is 38.1 Å². The predicted octanol–water partition coefficient (Wildman–Crippen LogP) is 2.36. The van der Waals surface area contributed by atoms with Gasteiger partial charge in [0.25, 0.3) is 0 Å². The van der Waals surface area contributed by atoms with Gasteiger partial charge in [-0.2, -0.15) is 0 Å². The van der Waals surface area contributed by atoms with Crippen LogP contribution in [0.15, 0.2) is 0 Å². The monoisotopic (exact) mass is 328 g/mol. The molecule has 0 bridgehead atoms. The molecule has 1 N–H and O–H groups in total. The van der Waals surface area contributed by atoms with Gasteiger partial charge in [-0.1, -0.05) is 25.7 Å². The van der Waals surface area contributed by atoms with Crippen LogP contribution >= 0.6 is 12.4 Å². The number of nitrogens with one attached hydrogen (secondary N) is 1. The first-order valence-corrected chi connectivity index (χ1v) is 8.95. The maximum absolute atomic E-state index is 13.4. The zero-order chi connectivity index (χ0) is 14.3. The Kier molecular flexibility index (Phi) is 5.01. The molecule has 4 atom stereocenters. The predicted molar refractivity (Wildman–Crippen MR) is 88.2 cm³/mol. The Hall–Kier alpha value is -0.320. The van der Waals surface area contributed by atoms with Gasteiger partial charge >= 0.3 is 0 Å². The number of ether oxygens (including phenoxy) is 1. The molecule has 2 aliphatic carbocycles. The Bertz CT molecular complexity index is 417. The number of nitrogens with zero attached hydrogens (tertiary/aromatic N) is 1. The molecule has 0 aromatic rings. The number of fused-ring (bicyclic) bond motifs is 2. The van der Waals surface area contributed by atoms with E-state index in [0.29, 0.717) is 24.0 Å². The second-order valence-corrected chi connectivity index (χ2v) is 7.49. The molecule has 1 amide bonds. The largest absolute Gasteiger partial charge is 0.374 e. The molecule has 2 unspecified atom stereocenters. The van der Waals surface area contributed by atoms with Gasteiger partial charge < -0.3 is 15.0 Å². The van der Waals surface area contributed by atoms with Crippen molar-refractivity contribution in [2.24, 2.45) is 11.3 Å². The Morgan fingerprint density at radius 3 is 2.86 bits per heavy atom. The van der Waals surface area contributed by atoms with Crippen LogP contribution in [0, 0.1) is 11.3 Å². The van der Waals surface area contributed by atoms with Crippen molar-refractivity contribution < 1.29 is 9.53 Å². The van der Waals surface area contributed by atoms with Crippen molar-refractivity contribution in [2.75, 3.05) is 26.2 Å². The molecule has 2 heterocycles. The van der Waals surface area contributed by atoms with Crippen LogP contribution in [0.1, 0.15) is 51.4 Å². The average molecular weight is 329 g/mol. The standard InChI is InChI=1S/C17H28N2O2.ClH/c20-16(17-8-4-3-5-13(17)11-18-12-17)19-9-10-21-15-7-2-1-6-14(15)19;/h13-15,18H,1-12H2;1H/t13-,14?,15?,17+;/m0./s1. The zero-order valence-electron chi connectivity index (χ0n) is 13.4. The van der Waals surface area contributed by atoms with Gasteiger partial charge in [0.2, 0.25) is 5.91 Å². The van der Waals surface area contributed by atoms with E-state index in [0.717, 1.165) is 45.5 Å². The number of hydrogen-bond acceptors (Lipinski definition) is 3. The Labute approximate surface area is 139 Å². The third-order valence-electron chi connectivity index (χ3n) is 6.46. The fourth-order valence-corrected chi connectivity index (χ4v) is 5.30. The molecule has 4 rings (SSSR count). The minimum absolute atomic E-state index is 0. The summed E-state index contributed by atoms with van der Waals surface area (Å²) in [5.41, 5.74) is -0.0857. The lowest BCUT2D eigenvalue weighted by atomic mass is 9.67. The molecule has 4 fully saturated rings. The molecule has 2 saturated carbocycles. The number of halogens is 1. The molecule has 4 aliphatic rings. The van der Waals surface area contributed by atoms with E-state index >= 15 is 0 Å². The van der Waals surface area contributed by atoms with Crippen LogP contribution in [-0.4, -0.2) is 49.2 Å². The lowest BCUT2D eigenvalue weighted by Crippen LogP contribution is -2.60. The summed E-state index contributed by atoms with van der Waals surface area (Å²) < 4.78 is 5.95. The number of carbonyl (C=O) groups is 1. The topological polar surface area (TPSA) is 41.6 Å². The summed E-state index contributed by atoms with van der Waals surface area (Å²) in [6.07, 6.45) is 9.97. The highest BCUT2D eigenvalue weighted by Gasteiger charge is 2.53. The highest BCUT2D eigenvalue weighted by molar-refractivity contribution is 5.85. The lowest BCUT2D eigenvalue weighted by molar-refractivity contribution is -0.163.